The minimum Gasteiger partial charge on any atom is -0.227 e. The summed E-state index contributed by atoms with van der Waals surface area (Å²) >= 11 is 1.52. The number of aromatic nitrogens is 2. The molecule has 0 aromatic carbocycles. The fraction of sp³-hybridized carbons (Fsp3) is 0.200. The summed E-state index contributed by atoms with van der Waals surface area (Å²) in [6.07, 6.45) is 2.65. The number of aryl methyl sites for hydroxylation is 1. The fourth-order valence-electron chi connectivity index (χ4n) is 1.27. The second-order valence-corrected chi connectivity index (χ2v) is 6.29. The molecule has 6 heteroatoms. The van der Waals surface area contributed by atoms with E-state index in [-0.39, 0.29) is 5.16 Å². The van der Waals surface area contributed by atoms with Crippen LogP contribution in [0.25, 0.3) is 10.6 Å². The molecule has 0 amide bonds. The van der Waals surface area contributed by atoms with Gasteiger partial charge in [0, 0.05) is 12.5 Å². The topological polar surface area (TPSA) is 59.9 Å². The zero-order chi connectivity index (χ0) is 11.8. The second-order valence-electron chi connectivity index (χ2n) is 3.43. The predicted octanol–water partition coefficient (Wildman–Crippen LogP) is 1.92. The lowest BCUT2D eigenvalue weighted by atomic mass is 10.2. The van der Waals surface area contributed by atoms with Crippen LogP contribution in [-0.4, -0.2) is 24.6 Å². The van der Waals surface area contributed by atoms with Crippen molar-refractivity contribution in [1.29, 1.82) is 0 Å². The third-order valence-corrected chi connectivity index (χ3v) is 3.77. The average Bonchev–Trinajstić information content (AvgIpc) is 2.69. The van der Waals surface area contributed by atoms with Gasteiger partial charge in [0.25, 0.3) is 0 Å². The van der Waals surface area contributed by atoms with Crippen LogP contribution in [0.3, 0.4) is 0 Å². The summed E-state index contributed by atoms with van der Waals surface area (Å²) in [6, 6.07) is 3.81. The molecule has 0 fully saturated rings. The van der Waals surface area contributed by atoms with E-state index in [1.807, 2.05) is 24.4 Å². The van der Waals surface area contributed by atoms with Crippen LogP contribution >= 0.6 is 11.3 Å². The predicted molar refractivity (Wildman–Crippen MR) is 63.2 cm³/mol. The smallest absolute Gasteiger partial charge is 0.227 e. The molecule has 0 unspecified atom stereocenters. The summed E-state index contributed by atoms with van der Waals surface area (Å²) in [7, 11) is -3.35. The molecule has 84 valence electrons. The van der Waals surface area contributed by atoms with E-state index >= 15 is 0 Å². The maximum absolute atomic E-state index is 11.3. The lowest BCUT2D eigenvalue weighted by Gasteiger charge is -2.03. The van der Waals surface area contributed by atoms with Gasteiger partial charge in [0.05, 0.1) is 10.6 Å². The molecule has 2 aromatic heterocycles. The Hall–Kier alpha value is -1.27. The van der Waals surface area contributed by atoms with Crippen LogP contribution in [0, 0.1) is 6.92 Å². The normalized spacial score (nSPS) is 11.6. The number of sulfone groups is 1. The first-order chi connectivity index (χ1) is 7.48. The Bertz CT molecular complexity index is 604. The van der Waals surface area contributed by atoms with Crippen LogP contribution in [0.4, 0.5) is 0 Å². The van der Waals surface area contributed by atoms with E-state index in [1.54, 1.807) is 6.20 Å². The van der Waals surface area contributed by atoms with Crippen LogP contribution in [-0.2, 0) is 9.84 Å². The Kier molecular flexibility index (Phi) is 2.77. The van der Waals surface area contributed by atoms with Crippen LogP contribution < -0.4 is 0 Å². The standard InChI is InChI=1S/C10H10N2O2S2/c1-7-6-11-10(16(2,13)14)12-9(7)8-4-3-5-15-8/h3-6H,1-2H3. The maximum atomic E-state index is 11.3. The van der Waals surface area contributed by atoms with Gasteiger partial charge in [0.2, 0.25) is 15.0 Å². The molecule has 2 aromatic rings. The highest BCUT2D eigenvalue weighted by molar-refractivity contribution is 7.90. The molecule has 0 aliphatic heterocycles. The highest BCUT2D eigenvalue weighted by Crippen LogP contribution is 2.25. The lowest BCUT2D eigenvalue weighted by Crippen LogP contribution is -2.05. The lowest BCUT2D eigenvalue weighted by molar-refractivity contribution is 0.593. The molecule has 0 aliphatic rings. The molecule has 0 radical (unpaired) electrons. The Morgan fingerprint density at radius 3 is 2.69 bits per heavy atom. The molecule has 0 bridgehead atoms. The van der Waals surface area contributed by atoms with Crippen molar-refractivity contribution in [2.75, 3.05) is 6.26 Å². The van der Waals surface area contributed by atoms with Gasteiger partial charge >= 0.3 is 0 Å². The summed E-state index contributed by atoms with van der Waals surface area (Å²) in [5, 5.41) is 1.80. The van der Waals surface area contributed by atoms with Gasteiger partial charge in [-0.05, 0) is 23.9 Å². The van der Waals surface area contributed by atoms with E-state index in [4.69, 9.17) is 0 Å². The summed E-state index contributed by atoms with van der Waals surface area (Å²) in [5.74, 6) is 0. The quantitative estimate of drug-likeness (QED) is 0.768. The average molecular weight is 254 g/mol. The largest absolute Gasteiger partial charge is 0.247 e. The number of hydrogen-bond acceptors (Lipinski definition) is 5. The summed E-state index contributed by atoms with van der Waals surface area (Å²) < 4.78 is 22.7. The van der Waals surface area contributed by atoms with E-state index in [2.05, 4.69) is 9.97 Å². The van der Waals surface area contributed by atoms with Crippen molar-refractivity contribution >= 4 is 21.2 Å². The van der Waals surface area contributed by atoms with Crippen molar-refractivity contribution in [2.24, 2.45) is 0 Å². The molecule has 0 atom stereocenters. The van der Waals surface area contributed by atoms with Gasteiger partial charge in [-0.15, -0.1) is 11.3 Å². The highest BCUT2D eigenvalue weighted by atomic mass is 32.2. The zero-order valence-corrected chi connectivity index (χ0v) is 10.5. The van der Waals surface area contributed by atoms with Gasteiger partial charge in [-0.25, -0.2) is 18.4 Å². The molecule has 0 spiro atoms. The molecule has 0 aliphatic carbocycles. The van der Waals surface area contributed by atoms with Crippen LogP contribution in [0.2, 0.25) is 0 Å². The Morgan fingerprint density at radius 1 is 1.38 bits per heavy atom. The van der Waals surface area contributed by atoms with Gasteiger partial charge in [-0.2, -0.15) is 0 Å². The SMILES string of the molecule is Cc1cnc(S(C)(=O)=O)nc1-c1cccs1. The van der Waals surface area contributed by atoms with Crippen molar-refractivity contribution in [2.45, 2.75) is 12.1 Å². The maximum Gasteiger partial charge on any atom is 0.247 e. The number of thiophene rings is 1. The van der Waals surface area contributed by atoms with Crippen LogP contribution in [0.5, 0.6) is 0 Å². The van der Waals surface area contributed by atoms with Crippen molar-refractivity contribution in [3.8, 4) is 10.6 Å². The van der Waals surface area contributed by atoms with Gasteiger partial charge < -0.3 is 0 Å². The molecular weight excluding hydrogens is 244 g/mol. The van der Waals surface area contributed by atoms with Gasteiger partial charge in [0.15, 0.2) is 0 Å². The van der Waals surface area contributed by atoms with E-state index in [0.717, 1.165) is 16.7 Å². The summed E-state index contributed by atoms with van der Waals surface area (Å²) in [5.41, 5.74) is 1.56. The van der Waals surface area contributed by atoms with Crippen molar-refractivity contribution in [3.05, 3.63) is 29.3 Å². The van der Waals surface area contributed by atoms with Crippen molar-refractivity contribution < 1.29 is 8.42 Å². The molecule has 2 rings (SSSR count). The molecule has 0 N–H and O–H groups in total. The first-order valence-corrected chi connectivity index (χ1v) is 7.33. The fourth-order valence-corrected chi connectivity index (χ4v) is 2.55. The number of rotatable bonds is 2. The molecule has 2 heterocycles. The highest BCUT2D eigenvalue weighted by Gasteiger charge is 2.14. The van der Waals surface area contributed by atoms with E-state index in [9.17, 15) is 8.42 Å². The number of hydrogen-bond donors (Lipinski definition) is 0. The summed E-state index contributed by atoms with van der Waals surface area (Å²) in [6.45, 7) is 1.86. The second kappa shape index (κ2) is 3.95. The minimum absolute atomic E-state index is 0.124. The molecule has 16 heavy (non-hydrogen) atoms. The third kappa shape index (κ3) is 2.12. The number of nitrogens with zero attached hydrogens (tertiary/aromatic N) is 2. The van der Waals surface area contributed by atoms with Crippen LogP contribution in [0.1, 0.15) is 5.56 Å². The van der Waals surface area contributed by atoms with Gasteiger partial charge in [-0.3, -0.25) is 0 Å². The minimum atomic E-state index is -3.35. The Morgan fingerprint density at radius 2 is 2.12 bits per heavy atom. The molecular formula is C10H10N2O2S2. The van der Waals surface area contributed by atoms with Crippen LogP contribution in [0.15, 0.2) is 28.9 Å². The monoisotopic (exact) mass is 254 g/mol. The first kappa shape index (κ1) is 11.2. The van der Waals surface area contributed by atoms with E-state index < -0.39 is 9.84 Å². The van der Waals surface area contributed by atoms with Crippen molar-refractivity contribution in [1.82, 2.24) is 9.97 Å². The van der Waals surface area contributed by atoms with E-state index in [1.165, 1.54) is 11.3 Å². The third-order valence-electron chi connectivity index (χ3n) is 2.04. The summed E-state index contributed by atoms with van der Waals surface area (Å²) in [4.78, 5) is 8.87. The molecule has 0 saturated carbocycles. The molecule has 4 nitrogen and oxygen atoms in total. The Labute approximate surface area is 97.9 Å². The van der Waals surface area contributed by atoms with Crippen molar-refractivity contribution in [3.63, 3.8) is 0 Å². The first-order valence-electron chi connectivity index (χ1n) is 4.56. The zero-order valence-electron chi connectivity index (χ0n) is 8.84. The Balaban J connectivity index is 2.63. The molecule has 0 saturated heterocycles. The van der Waals surface area contributed by atoms with Gasteiger partial charge in [-0.1, -0.05) is 6.07 Å². The van der Waals surface area contributed by atoms with E-state index in [0.29, 0.717) is 5.69 Å². The van der Waals surface area contributed by atoms with Gasteiger partial charge in [0.1, 0.15) is 0 Å².